The van der Waals surface area contributed by atoms with E-state index in [0.29, 0.717) is 30.4 Å². The van der Waals surface area contributed by atoms with Gasteiger partial charge in [0.1, 0.15) is 5.75 Å². The fourth-order valence-corrected chi connectivity index (χ4v) is 2.54. The third-order valence-electron chi connectivity index (χ3n) is 4.30. The van der Waals surface area contributed by atoms with E-state index in [1.165, 1.54) is 5.56 Å². The minimum absolute atomic E-state index is 0.184. The van der Waals surface area contributed by atoms with Crippen LogP contribution in [0, 0.1) is 13.8 Å². The highest BCUT2D eigenvalue weighted by Gasteiger charge is 2.15. The summed E-state index contributed by atoms with van der Waals surface area (Å²) in [6.45, 7) is 6.18. The number of hydrogen-bond acceptors (Lipinski definition) is 5. The lowest BCUT2D eigenvalue weighted by atomic mass is 10.1. The summed E-state index contributed by atoms with van der Waals surface area (Å²) >= 11 is 0. The van der Waals surface area contributed by atoms with Gasteiger partial charge in [-0.15, -0.1) is 0 Å². The Morgan fingerprint density at radius 1 is 1.15 bits per heavy atom. The van der Waals surface area contributed by atoms with Gasteiger partial charge in [-0.3, -0.25) is 4.79 Å². The first kappa shape index (κ1) is 18.6. The van der Waals surface area contributed by atoms with Gasteiger partial charge in [0.25, 0.3) is 5.91 Å². The number of nitrogens with zero attached hydrogens (tertiary/aromatic N) is 2. The molecule has 1 unspecified atom stereocenters. The summed E-state index contributed by atoms with van der Waals surface area (Å²) in [6, 6.07) is 15.4. The third kappa shape index (κ3) is 4.94. The lowest BCUT2D eigenvalue weighted by molar-refractivity contribution is -0.127. The zero-order chi connectivity index (χ0) is 19.2. The number of rotatable bonds is 7. The van der Waals surface area contributed by atoms with E-state index in [0.717, 1.165) is 11.1 Å². The molecule has 1 amide bonds. The monoisotopic (exact) mass is 365 g/mol. The van der Waals surface area contributed by atoms with Crippen LogP contribution in [-0.4, -0.2) is 28.7 Å². The largest absolute Gasteiger partial charge is 0.481 e. The number of benzene rings is 2. The predicted octanol–water partition coefficient (Wildman–Crippen LogP) is 3.48. The van der Waals surface area contributed by atoms with E-state index < -0.39 is 6.10 Å². The normalized spacial score (nSPS) is 11.8. The Balaban J connectivity index is 1.47. The molecule has 3 rings (SSSR count). The van der Waals surface area contributed by atoms with Crippen LogP contribution in [0.3, 0.4) is 0 Å². The first-order chi connectivity index (χ1) is 13.0. The Kier molecular flexibility index (Phi) is 5.86. The second-order valence-electron chi connectivity index (χ2n) is 6.42. The van der Waals surface area contributed by atoms with Crippen LogP contribution >= 0.6 is 0 Å². The molecule has 3 aromatic rings. The molecule has 0 saturated carbocycles. The smallest absolute Gasteiger partial charge is 0.260 e. The summed E-state index contributed by atoms with van der Waals surface area (Å²) in [7, 11) is 0. The molecule has 0 aliphatic heterocycles. The fourth-order valence-electron chi connectivity index (χ4n) is 2.54. The molecule has 2 aromatic carbocycles. The minimum atomic E-state index is -0.588. The van der Waals surface area contributed by atoms with Crippen molar-refractivity contribution in [1.82, 2.24) is 15.5 Å². The Bertz CT molecular complexity index is 906. The Labute approximate surface area is 158 Å². The highest BCUT2D eigenvalue weighted by atomic mass is 16.5. The van der Waals surface area contributed by atoms with Gasteiger partial charge in [-0.25, -0.2) is 0 Å². The van der Waals surface area contributed by atoms with Gasteiger partial charge in [-0.05, 0) is 44.0 Å². The van der Waals surface area contributed by atoms with Crippen molar-refractivity contribution in [3.63, 3.8) is 0 Å². The Morgan fingerprint density at radius 2 is 1.93 bits per heavy atom. The number of ether oxygens (including phenoxy) is 1. The summed E-state index contributed by atoms with van der Waals surface area (Å²) in [5.41, 5.74) is 3.21. The van der Waals surface area contributed by atoms with Gasteiger partial charge < -0.3 is 14.6 Å². The second-order valence-corrected chi connectivity index (χ2v) is 6.42. The maximum absolute atomic E-state index is 12.2. The van der Waals surface area contributed by atoms with Gasteiger partial charge in [0.2, 0.25) is 11.7 Å². The molecule has 0 saturated heterocycles. The van der Waals surface area contributed by atoms with E-state index in [1.807, 2.05) is 62.4 Å². The molecule has 1 aromatic heterocycles. The molecule has 0 radical (unpaired) electrons. The maximum atomic E-state index is 12.2. The van der Waals surface area contributed by atoms with Crippen LogP contribution in [0.4, 0.5) is 0 Å². The first-order valence-corrected chi connectivity index (χ1v) is 8.92. The van der Waals surface area contributed by atoms with Crippen LogP contribution < -0.4 is 10.1 Å². The maximum Gasteiger partial charge on any atom is 0.260 e. The zero-order valence-corrected chi connectivity index (χ0v) is 15.7. The van der Waals surface area contributed by atoms with Crippen molar-refractivity contribution in [3.8, 4) is 17.1 Å². The van der Waals surface area contributed by atoms with Gasteiger partial charge in [0, 0.05) is 18.5 Å². The molecule has 1 heterocycles. The van der Waals surface area contributed by atoms with Crippen molar-refractivity contribution in [2.24, 2.45) is 0 Å². The number of aromatic nitrogens is 2. The number of amides is 1. The summed E-state index contributed by atoms with van der Waals surface area (Å²) in [6.07, 6.45) is -0.128. The van der Waals surface area contributed by atoms with Crippen molar-refractivity contribution < 1.29 is 14.1 Å². The van der Waals surface area contributed by atoms with Crippen LogP contribution in [0.1, 0.15) is 23.9 Å². The molecule has 0 spiro atoms. The van der Waals surface area contributed by atoms with Gasteiger partial charge >= 0.3 is 0 Å². The fraction of sp³-hybridized carbons (Fsp3) is 0.286. The molecular weight excluding hydrogens is 342 g/mol. The van der Waals surface area contributed by atoms with Crippen LogP contribution in [-0.2, 0) is 11.2 Å². The second kappa shape index (κ2) is 8.49. The minimum Gasteiger partial charge on any atom is -0.481 e. The number of nitrogens with one attached hydrogen (secondary N) is 1. The van der Waals surface area contributed by atoms with E-state index in [2.05, 4.69) is 15.5 Å². The standard InChI is InChI=1S/C21H23N3O3/c1-14-9-10-18(13-15(14)2)26-16(3)21(25)22-12-11-19-23-20(24-27-19)17-7-5-4-6-8-17/h4-10,13,16H,11-12H2,1-3H3,(H,22,25). The van der Waals surface area contributed by atoms with Crippen LogP contribution in [0.15, 0.2) is 53.1 Å². The van der Waals surface area contributed by atoms with Gasteiger partial charge in [0.15, 0.2) is 6.10 Å². The Morgan fingerprint density at radius 3 is 2.67 bits per heavy atom. The number of carbonyl (C=O) groups excluding carboxylic acids is 1. The SMILES string of the molecule is Cc1ccc(OC(C)C(=O)NCCc2nc(-c3ccccc3)no2)cc1C. The Hall–Kier alpha value is -3.15. The molecule has 6 nitrogen and oxygen atoms in total. The van der Waals surface area contributed by atoms with Crippen LogP contribution in [0.5, 0.6) is 5.75 Å². The van der Waals surface area contributed by atoms with E-state index in [1.54, 1.807) is 6.92 Å². The molecule has 6 heteroatoms. The topological polar surface area (TPSA) is 77.2 Å². The average Bonchev–Trinajstić information content (AvgIpc) is 3.14. The average molecular weight is 365 g/mol. The lowest BCUT2D eigenvalue weighted by Crippen LogP contribution is -2.37. The molecule has 0 aliphatic rings. The molecule has 0 aliphatic carbocycles. The van der Waals surface area contributed by atoms with E-state index >= 15 is 0 Å². The molecule has 27 heavy (non-hydrogen) atoms. The van der Waals surface area contributed by atoms with Gasteiger partial charge in [-0.2, -0.15) is 4.98 Å². The molecular formula is C21H23N3O3. The molecule has 0 fully saturated rings. The summed E-state index contributed by atoms with van der Waals surface area (Å²) in [4.78, 5) is 16.6. The predicted molar refractivity (Wildman–Crippen MR) is 102 cm³/mol. The molecule has 0 bridgehead atoms. The van der Waals surface area contributed by atoms with Crippen molar-refractivity contribution in [2.75, 3.05) is 6.54 Å². The summed E-state index contributed by atoms with van der Waals surface area (Å²) in [5, 5.41) is 6.80. The third-order valence-corrected chi connectivity index (χ3v) is 4.30. The first-order valence-electron chi connectivity index (χ1n) is 8.92. The van der Waals surface area contributed by atoms with Gasteiger partial charge in [-0.1, -0.05) is 41.6 Å². The summed E-state index contributed by atoms with van der Waals surface area (Å²) in [5.74, 6) is 1.53. The number of aryl methyl sites for hydroxylation is 2. The van der Waals surface area contributed by atoms with Crippen molar-refractivity contribution in [1.29, 1.82) is 0 Å². The van der Waals surface area contributed by atoms with E-state index in [9.17, 15) is 4.79 Å². The van der Waals surface area contributed by atoms with Crippen LogP contribution in [0.25, 0.3) is 11.4 Å². The van der Waals surface area contributed by atoms with Gasteiger partial charge in [0.05, 0.1) is 0 Å². The zero-order valence-electron chi connectivity index (χ0n) is 15.7. The van der Waals surface area contributed by atoms with Crippen molar-refractivity contribution in [2.45, 2.75) is 33.3 Å². The lowest BCUT2D eigenvalue weighted by Gasteiger charge is -2.15. The number of carbonyl (C=O) groups is 1. The highest BCUT2D eigenvalue weighted by Crippen LogP contribution is 2.18. The molecule has 140 valence electrons. The van der Waals surface area contributed by atoms with E-state index in [4.69, 9.17) is 9.26 Å². The van der Waals surface area contributed by atoms with Crippen molar-refractivity contribution >= 4 is 5.91 Å². The van der Waals surface area contributed by atoms with Crippen molar-refractivity contribution in [3.05, 3.63) is 65.5 Å². The molecule has 1 atom stereocenters. The highest BCUT2D eigenvalue weighted by molar-refractivity contribution is 5.80. The molecule has 1 N–H and O–H groups in total. The van der Waals surface area contributed by atoms with Crippen LogP contribution in [0.2, 0.25) is 0 Å². The quantitative estimate of drug-likeness (QED) is 0.694. The summed E-state index contributed by atoms with van der Waals surface area (Å²) < 4.78 is 11.0. The number of hydrogen-bond donors (Lipinski definition) is 1. The van der Waals surface area contributed by atoms with E-state index in [-0.39, 0.29) is 5.91 Å².